The van der Waals surface area contributed by atoms with Crippen LogP contribution in [-0.2, 0) is 10.0 Å². The Morgan fingerprint density at radius 2 is 2.00 bits per heavy atom. The van der Waals surface area contributed by atoms with Crippen molar-refractivity contribution in [3.63, 3.8) is 0 Å². The Kier molecular flexibility index (Phi) is 4.15. The van der Waals surface area contributed by atoms with Crippen molar-refractivity contribution in [1.29, 1.82) is 0 Å². The lowest BCUT2D eigenvalue weighted by Gasteiger charge is -2.10. The van der Waals surface area contributed by atoms with Gasteiger partial charge in [-0.2, -0.15) is 0 Å². The maximum atomic E-state index is 11.2. The number of sulfonamides is 1. The largest absolute Gasteiger partial charge is 0.242 e. The molecule has 1 fully saturated rings. The van der Waals surface area contributed by atoms with Gasteiger partial charge >= 0.3 is 0 Å². The molecule has 0 aromatic rings. The van der Waals surface area contributed by atoms with Crippen molar-refractivity contribution in [2.45, 2.75) is 45.1 Å². The van der Waals surface area contributed by atoms with Crippen LogP contribution in [0.2, 0.25) is 0 Å². The van der Waals surface area contributed by atoms with Gasteiger partial charge in [0.1, 0.15) is 0 Å². The first-order valence-electron chi connectivity index (χ1n) is 4.84. The summed E-state index contributed by atoms with van der Waals surface area (Å²) in [7, 11) is -3.21. The third-order valence-corrected chi connectivity index (χ3v) is 3.50. The van der Waals surface area contributed by atoms with Gasteiger partial charge in [-0.05, 0) is 24.1 Å². The van der Waals surface area contributed by atoms with Crippen molar-refractivity contribution in [3.8, 4) is 0 Å². The second-order valence-corrected chi connectivity index (χ2v) is 5.24. The Bertz CT molecular complexity index is 233. The molecule has 0 aromatic carbocycles. The smallest absolute Gasteiger partial charge is 0.222 e. The molecule has 0 saturated heterocycles. The van der Waals surface area contributed by atoms with Crippen molar-refractivity contribution in [3.05, 3.63) is 0 Å². The number of nitrogens with zero attached hydrogens (tertiary/aromatic N) is 1. The molecule has 77 valence electrons. The van der Waals surface area contributed by atoms with Crippen LogP contribution in [0.5, 0.6) is 0 Å². The fraction of sp³-hybridized carbons (Fsp3) is 1.00. The number of hydrogen-bond acceptors (Lipinski definition) is 3. The third kappa shape index (κ3) is 4.06. The summed E-state index contributed by atoms with van der Waals surface area (Å²) in [5.74, 6) is 0.146. The first-order valence-corrected chi connectivity index (χ1v) is 6.45. The van der Waals surface area contributed by atoms with Crippen LogP contribution in [0.3, 0.4) is 0 Å². The molecule has 1 N–H and O–H groups in total. The Morgan fingerprint density at radius 1 is 1.38 bits per heavy atom. The lowest BCUT2D eigenvalue weighted by atomic mass is 10.3. The van der Waals surface area contributed by atoms with E-state index in [0.29, 0.717) is 6.42 Å². The van der Waals surface area contributed by atoms with Crippen molar-refractivity contribution in [1.82, 2.24) is 10.3 Å². The van der Waals surface area contributed by atoms with Gasteiger partial charge < -0.3 is 0 Å². The summed E-state index contributed by atoms with van der Waals surface area (Å²) in [6, 6.07) is 0.284. The van der Waals surface area contributed by atoms with Gasteiger partial charge in [-0.15, -0.1) is 0 Å². The summed E-state index contributed by atoms with van der Waals surface area (Å²) >= 11 is 0. The average molecular weight is 205 g/mol. The maximum Gasteiger partial charge on any atom is 0.242 e. The van der Waals surface area contributed by atoms with E-state index in [-0.39, 0.29) is 11.8 Å². The van der Waals surface area contributed by atoms with Crippen LogP contribution < -0.4 is 10.3 Å². The van der Waals surface area contributed by atoms with E-state index in [1.54, 1.807) is 0 Å². The fourth-order valence-corrected chi connectivity index (χ4v) is 2.43. The van der Waals surface area contributed by atoms with E-state index >= 15 is 0 Å². The molecule has 0 atom stereocenters. The molecule has 0 aromatic heterocycles. The van der Waals surface area contributed by atoms with Crippen LogP contribution in [0.15, 0.2) is 0 Å². The molecule has 0 bridgehead atoms. The van der Waals surface area contributed by atoms with E-state index in [0.717, 1.165) is 12.8 Å². The highest BCUT2D eigenvalue weighted by Crippen LogP contribution is 2.17. The highest BCUT2D eigenvalue weighted by molar-refractivity contribution is 7.89. The second kappa shape index (κ2) is 4.93. The fourth-order valence-electron chi connectivity index (χ4n) is 1.51. The van der Waals surface area contributed by atoms with Crippen LogP contribution in [0.25, 0.3) is 0 Å². The maximum absolute atomic E-state index is 11.2. The molecule has 1 radical (unpaired) electrons. The zero-order chi connectivity index (χ0) is 9.73. The average Bonchev–Trinajstić information content (AvgIpc) is 2.52. The van der Waals surface area contributed by atoms with Gasteiger partial charge in [0.2, 0.25) is 10.0 Å². The van der Waals surface area contributed by atoms with Crippen molar-refractivity contribution in [2.24, 2.45) is 0 Å². The molecule has 0 aliphatic heterocycles. The lowest BCUT2D eigenvalue weighted by molar-refractivity contribution is 0.480. The summed E-state index contributed by atoms with van der Waals surface area (Å²) in [5.41, 5.74) is 2.74. The predicted molar refractivity (Wildman–Crippen MR) is 51.6 cm³/mol. The van der Waals surface area contributed by atoms with Gasteiger partial charge in [-0.3, -0.25) is 0 Å². The SMILES string of the molecule is CCCS(=O)(=O)[N]NC1CCCC1. The minimum absolute atomic E-state index is 0.146. The third-order valence-electron chi connectivity index (χ3n) is 2.19. The minimum Gasteiger partial charge on any atom is -0.222 e. The van der Waals surface area contributed by atoms with Gasteiger partial charge in [0.25, 0.3) is 0 Å². The molecule has 1 aliphatic carbocycles. The summed E-state index contributed by atoms with van der Waals surface area (Å²) < 4.78 is 22.3. The van der Waals surface area contributed by atoms with Gasteiger partial charge in [0.15, 0.2) is 0 Å². The second-order valence-electron chi connectivity index (χ2n) is 3.49. The van der Waals surface area contributed by atoms with Crippen LogP contribution in [-0.4, -0.2) is 20.2 Å². The van der Waals surface area contributed by atoms with Crippen molar-refractivity contribution in [2.75, 3.05) is 5.75 Å². The molecule has 4 nitrogen and oxygen atoms in total. The molecular weight excluding hydrogens is 188 g/mol. The van der Waals surface area contributed by atoms with Gasteiger partial charge in [-0.25, -0.2) is 13.8 Å². The van der Waals surface area contributed by atoms with Gasteiger partial charge in [0, 0.05) is 6.04 Å². The number of rotatable bonds is 5. The molecule has 0 unspecified atom stereocenters. The van der Waals surface area contributed by atoms with E-state index in [9.17, 15) is 8.42 Å². The Labute approximate surface area is 80.1 Å². The monoisotopic (exact) mass is 205 g/mol. The normalized spacial score (nSPS) is 19.5. The van der Waals surface area contributed by atoms with E-state index < -0.39 is 10.0 Å². The molecule has 1 saturated carbocycles. The van der Waals surface area contributed by atoms with Crippen LogP contribution in [0.4, 0.5) is 0 Å². The predicted octanol–water partition coefficient (Wildman–Crippen LogP) is 0.778. The summed E-state index contributed by atoms with van der Waals surface area (Å²) in [6.45, 7) is 1.84. The Morgan fingerprint density at radius 3 is 2.54 bits per heavy atom. The van der Waals surface area contributed by atoms with E-state index in [1.165, 1.54) is 12.8 Å². The Hall–Kier alpha value is -0.130. The molecule has 0 amide bonds. The van der Waals surface area contributed by atoms with E-state index in [2.05, 4.69) is 10.3 Å². The zero-order valence-corrected chi connectivity index (χ0v) is 8.81. The highest BCUT2D eigenvalue weighted by Gasteiger charge is 2.18. The van der Waals surface area contributed by atoms with E-state index in [4.69, 9.17) is 0 Å². The van der Waals surface area contributed by atoms with Crippen molar-refractivity contribution < 1.29 is 8.42 Å². The first-order chi connectivity index (χ1) is 6.14. The van der Waals surface area contributed by atoms with Crippen LogP contribution >= 0.6 is 0 Å². The lowest BCUT2D eigenvalue weighted by Crippen LogP contribution is -2.38. The number of hydrogen-bond donors (Lipinski definition) is 1. The van der Waals surface area contributed by atoms with Crippen LogP contribution in [0.1, 0.15) is 39.0 Å². The van der Waals surface area contributed by atoms with Gasteiger partial charge in [-0.1, -0.05) is 19.8 Å². The first kappa shape index (κ1) is 10.9. The van der Waals surface area contributed by atoms with Crippen LogP contribution in [0, 0.1) is 0 Å². The summed E-state index contributed by atoms with van der Waals surface area (Å²) in [6.07, 6.45) is 5.08. The zero-order valence-electron chi connectivity index (χ0n) is 7.99. The van der Waals surface area contributed by atoms with E-state index in [1.807, 2.05) is 6.92 Å². The molecule has 1 rings (SSSR count). The highest BCUT2D eigenvalue weighted by atomic mass is 32.2. The van der Waals surface area contributed by atoms with Gasteiger partial charge in [0.05, 0.1) is 5.75 Å². The Balaban J connectivity index is 2.24. The minimum atomic E-state index is -3.21. The number of nitrogens with one attached hydrogen (secondary N) is 1. The van der Waals surface area contributed by atoms with Crippen molar-refractivity contribution >= 4 is 10.0 Å². The summed E-state index contributed by atoms with van der Waals surface area (Å²) in [4.78, 5) is 3.55. The molecule has 13 heavy (non-hydrogen) atoms. The quantitative estimate of drug-likeness (QED) is 0.675. The topological polar surface area (TPSA) is 60.3 Å². The molecule has 1 aliphatic rings. The molecule has 5 heteroatoms. The molecule has 0 spiro atoms. The summed E-state index contributed by atoms with van der Waals surface area (Å²) in [5, 5.41) is 0. The molecule has 0 heterocycles. The molecular formula is C8H17N2O2S. The standard InChI is InChI=1S/C8H17N2O2S/c1-2-7-13(11,12)10-9-8-5-3-4-6-8/h8-9H,2-7H2,1H3.